The molecule has 0 aromatic rings. The SMILES string of the molecule is C/C=C\C=C/C(C)(CCCC)CC[N+]1([O-])CC1. The zero-order valence-electron chi connectivity index (χ0n) is 11.6. The quantitative estimate of drug-likeness (QED) is 0.270. The Kier molecular flexibility index (Phi) is 5.41. The van der Waals surface area contributed by atoms with Crippen LogP contribution in [0.15, 0.2) is 24.3 Å². The van der Waals surface area contributed by atoms with E-state index in [1.807, 2.05) is 13.0 Å². The summed E-state index contributed by atoms with van der Waals surface area (Å²) in [6.45, 7) is 9.01. The van der Waals surface area contributed by atoms with Crippen molar-refractivity contribution in [1.29, 1.82) is 0 Å². The van der Waals surface area contributed by atoms with Gasteiger partial charge in [0, 0.05) is 6.42 Å². The van der Waals surface area contributed by atoms with Crippen LogP contribution in [0.2, 0.25) is 0 Å². The topological polar surface area (TPSA) is 23.1 Å². The van der Waals surface area contributed by atoms with Crippen LogP contribution in [0.25, 0.3) is 0 Å². The van der Waals surface area contributed by atoms with E-state index in [1.54, 1.807) is 0 Å². The van der Waals surface area contributed by atoms with E-state index >= 15 is 0 Å². The zero-order valence-corrected chi connectivity index (χ0v) is 11.6. The lowest BCUT2D eigenvalue weighted by Crippen LogP contribution is -2.25. The maximum Gasteiger partial charge on any atom is 0.129 e. The third-order valence-electron chi connectivity index (χ3n) is 3.72. The zero-order chi connectivity index (χ0) is 12.8. The van der Waals surface area contributed by atoms with E-state index in [0.717, 1.165) is 26.1 Å². The predicted octanol–water partition coefficient (Wildman–Crippen LogP) is 4.03. The molecule has 1 aliphatic rings. The highest BCUT2D eigenvalue weighted by Gasteiger charge is 2.34. The van der Waals surface area contributed by atoms with Gasteiger partial charge in [-0.15, -0.1) is 0 Å². The van der Waals surface area contributed by atoms with Gasteiger partial charge in [-0.05, 0) is 18.8 Å². The van der Waals surface area contributed by atoms with Gasteiger partial charge in [0.1, 0.15) is 13.1 Å². The minimum atomic E-state index is 0.0547. The van der Waals surface area contributed by atoms with Crippen LogP contribution in [0.5, 0.6) is 0 Å². The first-order valence-electron chi connectivity index (χ1n) is 6.91. The van der Waals surface area contributed by atoms with E-state index in [0.29, 0.717) is 0 Å². The minimum absolute atomic E-state index is 0.0547. The van der Waals surface area contributed by atoms with E-state index in [-0.39, 0.29) is 10.1 Å². The molecule has 0 amide bonds. The minimum Gasteiger partial charge on any atom is -0.632 e. The standard InChI is InChI=1S/C15H27NO/c1-4-6-8-10-15(3,9-7-5-2)11-12-16(17)13-14-16/h4,6,8,10H,5,7,9,11-14H2,1-3H3/b6-4-,10-8-. The highest BCUT2D eigenvalue weighted by Crippen LogP contribution is 2.33. The molecular weight excluding hydrogens is 210 g/mol. The number of hydrogen-bond donors (Lipinski definition) is 0. The number of allylic oxidation sites excluding steroid dienone is 4. The molecule has 0 saturated carbocycles. The molecule has 0 radical (unpaired) electrons. The van der Waals surface area contributed by atoms with Gasteiger partial charge in [-0.1, -0.05) is 51.0 Å². The Morgan fingerprint density at radius 2 is 1.94 bits per heavy atom. The number of rotatable bonds is 8. The smallest absolute Gasteiger partial charge is 0.129 e. The number of hydroxylamine groups is 3. The summed E-state index contributed by atoms with van der Waals surface area (Å²) in [5.74, 6) is 0. The second kappa shape index (κ2) is 6.36. The van der Waals surface area contributed by atoms with Gasteiger partial charge in [0.05, 0.1) is 6.54 Å². The molecule has 17 heavy (non-hydrogen) atoms. The molecule has 1 saturated heterocycles. The van der Waals surface area contributed by atoms with Gasteiger partial charge < -0.3 is 9.85 Å². The molecule has 98 valence electrons. The lowest BCUT2D eigenvalue weighted by Gasteiger charge is -2.30. The third kappa shape index (κ3) is 5.51. The highest BCUT2D eigenvalue weighted by molar-refractivity contribution is 5.07. The van der Waals surface area contributed by atoms with Gasteiger partial charge in [0.2, 0.25) is 0 Å². The van der Waals surface area contributed by atoms with Crippen molar-refractivity contribution >= 4 is 0 Å². The van der Waals surface area contributed by atoms with Crippen LogP contribution in [0.4, 0.5) is 0 Å². The number of hydrogen-bond acceptors (Lipinski definition) is 1. The molecule has 1 aliphatic heterocycles. The van der Waals surface area contributed by atoms with Crippen LogP contribution in [0.3, 0.4) is 0 Å². The molecule has 1 rings (SSSR count). The van der Waals surface area contributed by atoms with Crippen LogP contribution >= 0.6 is 0 Å². The molecule has 0 aromatic carbocycles. The number of nitrogens with zero attached hydrogens (tertiary/aromatic N) is 1. The van der Waals surface area contributed by atoms with Crippen molar-refractivity contribution in [3.05, 3.63) is 29.5 Å². The van der Waals surface area contributed by atoms with Crippen LogP contribution < -0.4 is 0 Å². The van der Waals surface area contributed by atoms with Crippen LogP contribution in [-0.2, 0) is 0 Å². The fourth-order valence-electron chi connectivity index (χ4n) is 2.07. The molecule has 2 nitrogen and oxygen atoms in total. The summed E-state index contributed by atoms with van der Waals surface area (Å²) in [6, 6.07) is 0. The molecule has 1 fully saturated rings. The average molecular weight is 237 g/mol. The molecule has 1 unspecified atom stereocenters. The normalized spacial score (nSPS) is 22.1. The van der Waals surface area contributed by atoms with Crippen molar-refractivity contribution < 1.29 is 4.65 Å². The Morgan fingerprint density at radius 3 is 2.47 bits per heavy atom. The second-order valence-corrected chi connectivity index (χ2v) is 5.62. The largest absolute Gasteiger partial charge is 0.632 e. The van der Waals surface area contributed by atoms with Gasteiger partial charge in [0.15, 0.2) is 0 Å². The first-order chi connectivity index (χ1) is 8.04. The highest BCUT2D eigenvalue weighted by atomic mass is 16.6. The lowest BCUT2D eigenvalue weighted by molar-refractivity contribution is -0.745. The van der Waals surface area contributed by atoms with E-state index in [1.165, 1.54) is 19.3 Å². The van der Waals surface area contributed by atoms with E-state index in [9.17, 15) is 5.21 Å². The van der Waals surface area contributed by atoms with Crippen LogP contribution in [0, 0.1) is 10.6 Å². The summed E-state index contributed by atoms with van der Waals surface area (Å²) in [5, 5.41) is 11.8. The number of quaternary nitrogens is 1. The van der Waals surface area contributed by atoms with Crippen molar-refractivity contribution in [2.45, 2.75) is 46.5 Å². The summed E-state index contributed by atoms with van der Waals surface area (Å²) in [6.07, 6.45) is 13.2. The van der Waals surface area contributed by atoms with Crippen molar-refractivity contribution in [3.8, 4) is 0 Å². The molecule has 0 N–H and O–H groups in total. The molecule has 0 aromatic heterocycles. The molecule has 2 heteroatoms. The maximum absolute atomic E-state index is 11.8. The second-order valence-electron chi connectivity index (χ2n) is 5.62. The Bertz CT molecular complexity index is 279. The Morgan fingerprint density at radius 1 is 1.24 bits per heavy atom. The maximum atomic E-state index is 11.8. The molecular formula is C15H27NO. The van der Waals surface area contributed by atoms with Gasteiger partial charge >= 0.3 is 0 Å². The van der Waals surface area contributed by atoms with Gasteiger partial charge in [-0.25, -0.2) is 0 Å². The molecule has 1 atom stereocenters. The summed E-state index contributed by atoms with van der Waals surface area (Å²) in [4.78, 5) is 0. The fourth-order valence-corrected chi connectivity index (χ4v) is 2.07. The first-order valence-corrected chi connectivity index (χ1v) is 6.91. The van der Waals surface area contributed by atoms with Crippen molar-refractivity contribution in [2.24, 2.45) is 5.41 Å². The molecule has 1 heterocycles. The van der Waals surface area contributed by atoms with Gasteiger partial charge in [-0.3, -0.25) is 0 Å². The molecule has 0 bridgehead atoms. The summed E-state index contributed by atoms with van der Waals surface area (Å²) >= 11 is 0. The van der Waals surface area contributed by atoms with Crippen molar-refractivity contribution in [1.82, 2.24) is 0 Å². The molecule has 0 spiro atoms. The van der Waals surface area contributed by atoms with E-state index < -0.39 is 0 Å². The summed E-state index contributed by atoms with van der Waals surface area (Å²) in [5.41, 5.74) is 0.202. The summed E-state index contributed by atoms with van der Waals surface area (Å²) in [7, 11) is 0. The van der Waals surface area contributed by atoms with Crippen molar-refractivity contribution in [2.75, 3.05) is 19.6 Å². The van der Waals surface area contributed by atoms with Gasteiger partial charge in [-0.2, -0.15) is 0 Å². The fraction of sp³-hybridized carbons (Fsp3) is 0.733. The van der Waals surface area contributed by atoms with Gasteiger partial charge in [0.25, 0.3) is 0 Å². The first kappa shape index (κ1) is 14.5. The van der Waals surface area contributed by atoms with Crippen molar-refractivity contribution in [3.63, 3.8) is 0 Å². The van der Waals surface area contributed by atoms with Crippen LogP contribution in [0.1, 0.15) is 46.5 Å². The number of unbranched alkanes of at least 4 members (excludes halogenated alkanes) is 1. The summed E-state index contributed by atoms with van der Waals surface area (Å²) < 4.78 is 0.0547. The average Bonchev–Trinajstić information content (AvgIpc) is 3.04. The Balaban J connectivity index is 2.49. The Labute approximate surface area is 106 Å². The predicted molar refractivity (Wildman–Crippen MR) is 74.4 cm³/mol. The Hall–Kier alpha value is -0.600. The van der Waals surface area contributed by atoms with E-state index in [2.05, 4.69) is 32.1 Å². The lowest BCUT2D eigenvalue weighted by atomic mass is 9.81. The third-order valence-corrected chi connectivity index (χ3v) is 3.72. The molecule has 0 aliphatic carbocycles. The van der Waals surface area contributed by atoms with Crippen LogP contribution in [-0.4, -0.2) is 24.3 Å². The monoisotopic (exact) mass is 237 g/mol. The van der Waals surface area contributed by atoms with E-state index in [4.69, 9.17) is 0 Å².